The second-order valence-corrected chi connectivity index (χ2v) is 6.22. The van der Waals surface area contributed by atoms with Gasteiger partial charge in [-0.3, -0.25) is 4.79 Å². The number of aliphatic carboxylic acids is 1. The summed E-state index contributed by atoms with van der Waals surface area (Å²) in [6.45, 7) is 3.11. The SMILES string of the molecule is CC1OCCC1N(C)C(=O)NCC1CCCCC1C(=O)O. The van der Waals surface area contributed by atoms with Crippen molar-refractivity contribution in [2.24, 2.45) is 11.8 Å². The quantitative estimate of drug-likeness (QED) is 0.828. The van der Waals surface area contributed by atoms with E-state index in [0.717, 1.165) is 32.1 Å². The maximum Gasteiger partial charge on any atom is 0.317 e. The number of hydrogen-bond donors (Lipinski definition) is 2. The molecular weight excluding hydrogens is 272 g/mol. The molecular formula is C15H26N2O4. The molecule has 6 heteroatoms. The van der Waals surface area contributed by atoms with Crippen LogP contribution in [0.15, 0.2) is 0 Å². The average Bonchev–Trinajstić information content (AvgIpc) is 2.90. The fourth-order valence-electron chi connectivity index (χ4n) is 3.50. The van der Waals surface area contributed by atoms with E-state index in [4.69, 9.17) is 4.74 Å². The second kappa shape index (κ2) is 7.11. The first-order chi connectivity index (χ1) is 10.0. The van der Waals surface area contributed by atoms with Crippen LogP contribution < -0.4 is 5.32 Å². The molecule has 2 rings (SSSR count). The molecule has 2 aliphatic rings. The summed E-state index contributed by atoms with van der Waals surface area (Å²) < 4.78 is 5.48. The first-order valence-electron chi connectivity index (χ1n) is 7.85. The predicted octanol–water partition coefficient (Wildman–Crippen LogP) is 1.70. The fourth-order valence-corrected chi connectivity index (χ4v) is 3.50. The zero-order valence-electron chi connectivity index (χ0n) is 12.9. The number of rotatable bonds is 4. The highest BCUT2D eigenvalue weighted by molar-refractivity contribution is 5.74. The Morgan fingerprint density at radius 3 is 2.62 bits per heavy atom. The smallest absolute Gasteiger partial charge is 0.317 e. The summed E-state index contributed by atoms with van der Waals surface area (Å²) in [5.41, 5.74) is 0. The van der Waals surface area contributed by atoms with Crippen molar-refractivity contribution in [2.45, 2.75) is 51.2 Å². The third-order valence-electron chi connectivity index (χ3n) is 4.90. The zero-order valence-corrected chi connectivity index (χ0v) is 12.9. The number of carboxylic acids is 1. The van der Waals surface area contributed by atoms with Gasteiger partial charge in [0.25, 0.3) is 0 Å². The predicted molar refractivity (Wildman–Crippen MR) is 78.1 cm³/mol. The highest BCUT2D eigenvalue weighted by Crippen LogP contribution is 2.29. The topological polar surface area (TPSA) is 78.9 Å². The van der Waals surface area contributed by atoms with Crippen LogP contribution in [0.5, 0.6) is 0 Å². The molecule has 0 aromatic rings. The molecule has 2 N–H and O–H groups in total. The van der Waals surface area contributed by atoms with Gasteiger partial charge in [0.1, 0.15) is 0 Å². The minimum absolute atomic E-state index is 0.0471. The van der Waals surface area contributed by atoms with E-state index in [1.807, 2.05) is 6.92 Å². The van der Waals surface area contributed by atoms with E-state index in [0.29, 0.717) is 13.2 Å². The van der Waals surface area contributed by atoms with Crippen molar-refractivity contribution >= 4 is 12.0 Å². The molecule has 0 radical (unpaired) electrons. The van der Waals surface area contributed by atoms with Crippen molar-refractivity contribution in [1.29, 1.82) is 0 Å². The van der Waals surface area contributed by atoms with Crippen molar-refractivity contribution in [2.75, 3.05) is 20.2 Å². The second-order valence-electron chi connectivity index (χ2n) is 6.22. The number of carbonyl (C=O) groups is 2. The lowest BCUT2D eigenvalue weighted by atomic mass is 9.79. The van der Waals surface area contributed by atoms with Gasteiger partial charge in [0, 0.05) is 20.2 Å². The van der Waals surface area contributed by atoms with Crippen molar-refractivity contribution < 1.29 is 19.4 Å². The molecule has 1 aliphatic heterocycles. The van der Waals surface area contributed by atoms with Crippen LogP contribution in [-0.2, 0) is 9.53 Å². The number of amides is 2. The summed E-state index contributed by atoms with van der Waals surface area (Å²) in [7, 11) is 1.78. The van der Waals surface area contributed by atoms with E-state index in [9.17, 15) is 14.7 Å². The van der Waals surface area contributed by atoms with Gasteiger partial charge in [-0.05, 0) is 32.1 Å². The molecule has 4 atom stereocenters. The van der Waals surface area contributed by atoms with Gasteiger partial charge in [-0.2, -0.15) is 0 Å². The Hall–Kier alpha value is -1.30. The molecule has 0 bridgehead atoms. The van der Waals surface area contributed by atoms with Crippen LogP contribution in [0.2, 0.25) is 0 Å². The molecule has 1 saturated carbocycles. The molecule has 21 heavy (non-hydrogen) atoms. The van der Waals surface area contributed by atoms with E-state index >= 15 is 0 Å². The summed E-state index contributed by atoms with van der Waals surface area (Å²) in [4.78, 5) is 25.2. The van der Waals surface area contributed by atoms with E-state index in [-0.39, 0.29) is 30.0 Å². The molecule has 120 valence electrons. The van der Waals surface area contributed by atoms with Crippen LogP contribution in [0.25, 0.3) is 0 Å². The first kappa shape index (κ1) is 16.1. The van der Waals surface area contributed by atoms with E-state index in [2.05, 4.69) is 5.32 Å². The number of nitrogens with one attached hydrogen (secondary N) is 1. The van der Waals surface area contributed by atoms with E-state index < -0.39 is 5.97 Å². The largest absolute Gasteiger partial charge is 0.481 e. The van der Waals surface area contributed by atoms with Crippen molar-refractivity contribution in [3.8, 4) is 0 Å². The van der Waals surface area contributed by atoms with Crippen LogP contribution in [0.1, 0.15) is 39.0 Å². The number of carbonyl (C=O) groups excluding carboxylic acids is 1. The monoisotopic (exact) mass is 298 g/mol. The minimum Gasteiger partial charge on any atom is -0.481 e. The molecule has 0 aromatic heterocycles. The van der Waals surface area contributed by atoms with Gasteiger partial charge in [-0.15, -0.1) is 0 Å². The Bertz CT molecular complexity index is 388. The van der Waals surface area contributed by atoms with Crippen LogP contribution in [0.4, 0.5) is 4.79 Å². The lowest BCUT2D eigenvalue weighted by Crippen LogP contribution is -2.48. The third-order valence-corrected chi connectivity index (χ3v) is 4.90. The van der Waals surface area contributed by atoms with Gasteiger partial charge in [0.2, 0.25) is 0 Å². The summed E-state index contributed by atoms with van der Waals surface area (Å²) in [6, 6.07) is -0.0290. The number of hydrogen-bond acceptors (Lipinski definition) is 3. The minimum atomic E-state index is -0.736. The number of carboxylic acid groups (broad SMARTS) is 1. The average molecular weight is 298 g/mol. The van der Waals surface area contributed by atoms with Gasteiger partial charge in [0.15, 0.2) is 0 Å². The Balaban J connectivity index is 1.83. The molecule has 1 saturated heterocycles. The van der Waals surface area contributed by atoms with Gasteiger partial charge in [-0.25, -0.2) is 4.79 Å². The summed E-state index contributed by atoms with van der Waals surface area (Å²) in [5.74, 6) is -1.01. The molecule has 0 spiro atoms. The Morgan fingerprint density at radius 2 is 2.00 bits per heavy atom. The van der Waals surface area contributed by atoms with Gasteiger partial charge in [-0.1, -0.05) is 12.8 Å². The lowest BCUT2D eigenvalue weighted by molar-refractivity contribution is -0.144. The number of ether oxygens (including phenoxy) is 1. The Labute approximate surface area is 125 Å². The summed E-state index contributed by atoms with van der Waals surface area (Å²) in [5, 5.41) is 12.2. The first-order valence-corrected chi connectivity index (χ1v) is 7.85. The molecule has 6 nitrogen and oxygen atoms in total. The Morgan fingerprint density at radius 1 is 1.29 bits per heavy atom. The lowest BCUT2D eigenvalue weighted by Gasteiger charge is -2.31. The third kappa shape index (κ3) is 3.87. The van der Waals surface area contributed by atoms with Gasteiger partial charge < -0.3 is 20.1 Å². The summed E-state index contributed by atoms with van der Waals surface area (Å²) in [6.07, 6.45) is 4.53. The molecule has 1 heterocycles. The van der Waals surface area contributed by atoms with Crippen molar-refractivity contribution in [3.63, 3.8) is 0 Å². The summed E-state index contributed by atoms with van der Waals surface area (Å²) >= 11 is 0. The number of nitrogens with zero attached hydrogens (tertiary/aromatic N) is 1. The van der Waals surface area contributed by atoms with Crippen molar-refractivity contribution in [3.05, 3.63) is 0 Å². The highest BCUT2D eigenvalue weighted by atomic mass is 16.5. The standard InChI is InChI=1S/C15H26N2O4/c1-10-13(7-8-21-10)17(2)15(20)16-9-11-5-3-4-6-12(11)14(18)19/h10-13H,3-9H2,1-2H3,(H,16,20)(H,18,19). The van der Waals surface area contributed by atoms with Gasteiger partial charge >= 0.3 is 12.0 Å². The molecule has 4 unspecified atom stereocenters. The van der Waals surface area contributed by atoms with Crippen LogP contribution >= 0.6 is 0 Å². The maximum atomic E-state index is 12.2. The molecule has 1 aliphatic carbocycles. The zero-order chi connectivity index (χ0) is 15.4. The molecule has 0 aromatic carbocycles. The van der Waals surface area contributed by atoms with E-state index in [1.165, 1.54) is 0 Å². The fraction of sp³-hybridized carbons (Fsp3) is 0.867. The van der Waals surface area contributed by atoms with Crippen LogP contribution in [-0.4, -0.2) is 54.4 Å². The van der Waals surface area contributed by atoms with E-state index in [1.54, 1.807) is 11.9 Å². The van der Waals surface area contributed by atoms with Gasteiger partial charge in [0.05, 0.1) is 18.1 Å². The maximum absolute atomic E-state index is 12.2. The molecule has 2 amide bonds. The van der Waals surface area contributed by atoms with Crippen molar-refractivity contribution in [1.82, 2.24) is 10.2 Å². The highest BCUT2D eigenvalue weighted by Gasteiger charge is 2.33. The van der Waals surface area contributed by atoms with Crippen LogP contribution in [0.3, 0.4) is 0 Å². The number of urea groups is 1. The Kier molecular flexibility index (Phi) is 5.45. The normalized spacial score (nSPS) is 32.7. The van der Waals surface area contributed by atoms with Crippen LogP contribution in [0, 0.1) is 11.8 Å². The number of likely N-dealkylation sites (N-methyl/N-ethyl adjacent to an activating group) is 1. The molecule has 2 fully saturated rings.